The lowest BCUT2D eigenvalue weighted by molar-refractivity contribution is 0.0943. The van der Waals surface area contributed by atoms with Gasteiger partial charge in [-0.1, -0.05) is 35.3 Å². The molecule has 1 aromatic heterocycles. The van der Waals surface area contributed by atoms with E-state index in [1.165, 1.54) is 6.42 Å². The van der Waals surface area contributed by atoms with Crippen molar-refractivity contribution in [1.82, 2.24) is 20.2 Å². The van der Waals surface area contributed by atoms with Crippen LogP contribution in [0.25, 0.3) is 22.4 Å². The van der Waals surface area contributed by atoms with Crippen molar-refractivity contribution >= 4 is 40.1 Å². The molecule has 27 heavy (non-hydrogen) atoms. The third-order valence-electron chi connectivity index (χ3n) is 5.11. The first-order chi connectivity index (χ1) is 13.0. The number of halogens is 2. The Morgan fingerprint density at radius 2 is 2.00 bits per heavy atom. The SMILES string of the molecule is CN1CCC[C@@H]1CNC(=O)c1ccc(-c2nc3cc(Cl)c(Cl)cc3[nH]2)cc1. The van der Waals surface area contributed by atoms with Gasteiger partial charge in [0.2, 0.25) is 0 Å². The zero-order valence-corrected chi connectivity index (χ0v) is 16.4. The van der Waals surface area contributed by atoms with Gasteiger partial charge in [0.05, 0.1) is 21.1 Å². The van der Waals surface area contributed by atoms with Crippen LogP contribution in [0.3, 0.4) is 0 Å². The number of likely N-dealkylation sites (N-methyl/N-ethyl adjacent to an activating group) is 1. The van der Waals surface area contributed by atoms with Crippen molar-refractivity contribution in [3.63, 3.8) is 0 Å². The monoisotopic (exact) mass is 402 g/mol. The highest BCUT2D eigenvalue weighted by Crippen LogP contribution is 2.28. The first-order valence-corrected chi connectivity index (χ1v) is 9.70. The van der Waals surface area contributed by atoms with Crippen LogP contribution in [0, 0.1) is 0 Å². The molecule has 0 radical (unpaired) electrons. The van der Waals surface area contributed by atoms with Crippen molar-refractivity contribution in [2.24, 2.45) is 0 Å². The highest BCUT2D eigenvalue weighted by atomic mass is 35.5. The molecule has 0 saturated carbocycles. The van der Waals surface area contributed by atoms with E-state index in [4.69, 9.17) is 23.2 Å². The molecule has 140 valence electrons. The summed E-state index contributed by atoms with van der Waals surface area (Å²) < 4.78 is 0. The minimum Gasteiger partial charge on any atom is -0.350 e. The number of fused-ring (bicyclic) bond motifs is 1. The molecule has 2 heterocycles. The first kappa shape index (κ1) is 18.3. The molecule has 2 N–H and O–H groups in total. The molecule has 1 saturated heterocycles. The van der Waals surface area contributed by atoms with E-state index >= 15 is 0 Å². The van der Waals surface area contributed by atoms with E-state index in [0.29, 0.717) is 34.0 Å². The number of carbonyl (C=O) groups is 1. The number of nitrogens with one attached hydrogen (secondary N) is 2. The maximum Gasteiger partial charge on any atom is 0.251 e. The summed E-state index contributed by atoms with van der Waals surface area (Å²) in [4.78, 5) is 22.5. The van der Waals surface area contributed by atoms with Crippen LogP contribution < -0.4 is 5.32 Å². The van der Waals surface area contributed by atoms with E-state index in [1.54, 1.807) is 12.1 Å². The largest absolute Gasteiger partial charge is 0.350 e. The molecule has 0 aliphatic carbocycles. The standard InChI is InChI=1S/C20H20Cl2N4O/c1-26-8-2-3-14(26)11-23-20(27)13-6-4-12(5-7-13)19-24-17-9-15(21)16(22)10-18(17)25-19/h4-7,9-10,14H,2-3,8,11H2,1H3,(H,23,27)(H,24,25)/t14-/m1/s1. The number of aromatic nitrogens is 2. The normalized spacial score (nSPS) is 17.5. The Hall–Kier alpha value is -2.08. The summed E-state index contributed by atoms with van der Waals surface area (Å²) in [5.74, 6) is 0.660. The van der Waals surface area contributed by atoms with Gasteiger partial charge < -0.3 is 15.2 Å². The van der Waals surface area contributed by atoms with Crippen molar-refractivity contribution in [2.45, 2.75) is 18.9 Å². The maximum absolute atomic E-state index is 12.4. The Labute approximate surface area is 167 Å². The minimum absolute atomic E-state index is 0.0509. The third kappa shape index (κ3) is 3.81. The van der Waals surface area contributed by atoms with E-state index in [-0.39, 0.29) is 5.91 Å². The van der Waals surface area contributed by atoms with Gasteiger partial charge in [-0.15, -0.1) is 0 Å². The summed E-state index contributed by atoms with van der Waals surface area (Å²) in [6.45, 7) is 1.78. The van der Waals surface area contributed by atoms with E-state index in [1.807, 2.05) is 24.3 Å². The predicted octanol–water partition coefficient (Wildman–Crippen LogP) is 4.36. The third-order valence-corrected chi connectivity index (χ3v) is 5.84. The number of likely N-dealkylation sites (tertiary alicyclic amines) is 1. The Bertz CT molecular complexity index is 945. The Morgan fingerprint density at radius 1 is 1.26 bits per heavy atom. The van der Waals surface area contributed by atoms with Crippen molar-refractivity contribution in [2.75, 3.05) is 20.1 Å². The number of hydrogen-bond acceptors (Lipinski definition) is 3. The lowest BCUT2D eigenvalue weighted by Crippen LogP contribution is -2.38. The number of nitrogens with zero attached hydrogens (tertiary/aromatic N) is 2. The molecule has 1 amide bonds. The van der Waals surface area contributed by atoms with Gasteiger partial charge in [0.15, 0.2) is 0 Å². The molecule has 1 atom stereocenters. The molecule has 2 aromatic carbocycles. The molecule has 4 rings (SSSR count). The Kier molecular flexibility index (Phi) is 5.08. The van der Waals surface area contributed by atoms with Gasteiger partial charge in [0.1, 0.15) is 5.82 Å². The molecule has 1 aliphatic rings. The van der Waals surface area contributed by atoms with Crippen LogP contribution in [0.15, 0.2) is 36.4 Å². The maximum atomic E-state index is 12.4. The zero-order valence-electron chi connectivity index (χ0n) is 14.9. The van der Waals surface area contributed by atoms with Crippen molar-refractivity contribution in [1.29, 1.82) is 0 Å². The predicted molar refractivity (Wildman–Crippen MR) is 110 cm³/mol. The van der Waals surface area contributed by atoms with Crippen molar-refractivity contribution < 1.29 is 4.79 Å². The van der Waals surface area contributed by atoms with Crippen LogP contribution in [0.4, 0.5) is 0 Å². The van der Waals surface area contributed by atoms with E-state index < -0.39 is 0 Å². The summed E-state index contributed by atoms with van der Waals surface area (Å²) in [6, 6.07) is 11.3. The fourth-order valence-corrected chi connectivity index (χ4v) is 3.79. The van der Waals surface area contributed by atoms with Crippen LogP contribution in [0.2, 0.25) is 10.0 Å². The molecule has 0 bridgehead atoms. The highest BCUT2D eigenvalue weighted by molar-refractivity contribution is 6.42. The number of imidazole rings is 1. The Balaban J connectivity index is 1.47. The highest BCUT2D eigenvalue weighted by Gasteiger charge is 2.21. The fraction of sp³-hybridized carbons (Fsp3) is 0.300. The Morgan fingerprint density at radius 3 is 2.70 bits per heavy atom. The van der Waals surface area contributed by atoms with E-state index in [9.17, 15) is 4.79 Å². The summed E-state index contributed by atoms with van der Waals surface area (Å²) in [6.07, 6.45) is 2.33. The number of aromatic amines is 1. The smallest absolute Gasteiger partial charge is 0.251 e. The van der Waals surface area contributed by atoms with Crippen LogP contribution in [0.5, 0.6) is 0 Å². The van der Waals surface area contributed by atoms with Gasteiger partial charge in [-0.05, 0) is 50.7 Å². The van der Waals surface area contributed by atoms with Crippen molar-refractivity contribution in [3.8, 4) is 11.4 Å². The molecule has 0 spiro atoms. The summed E-state index contributed by atoms with van der Waals surface area (Å²) >= 11 is 12.1. The van der Waals surface area contributed by atoms with E-state index in [0.717, 1.165) is 29.6 Å². The van der Waals surface area contributed by atoms with Crippen LogP contribution in [-0.2, 0) is 0 Å². The van der Waals surface area contributed by atoms with Gasteiger partial charge in [-0.3, -0.25) is 4.79 Å². The lowest BCUT2D eigenvalue weighted by Gasteiger charge is -2.19. The number of hydrogen-bond donors (Lipinski definition) is 2. The second kappa shape index (κ2) is 7.50. The number of rotatable bonds is 4. The van der Waals surface area contributed by atoms with Gasteiger partial charge in [0.25, 0.3) is 5.91 Å². The average Bonchev–Trinajstić information content (AvgIpc) is 3.26. The summed E-state index contributed by atoms with van der Waals surface area (Å²) in [5, 5.41) is 3.99. The zero-order chi connectivity index (χ0) is 19.0. The minimum atomic E-state index is -0.0509. The molecular formula is C20H20Cl2N4O. The van der Waals surface area contributed by atoms with Crippen LogP contribution in [-0.4, -0.2) is 47.0 Å². The number of amides is 1. The van der Waals surface area contributed by atoms with Gasteiger partial charge in [0, 0.05) is 23.7 Å². The van der Waals surface area contributed by atoms with Crippen LogP contribution in [0.1, 0.15) is 23.2 Å². The van der Waals surface area contributed by atoms with Gasteiger partial charge in [-0.2, -0.15) is 0 Å². The lowest BCUT2D eigenvalue weighted by atomic mass is 10.1. The molecule has 1 aliphatic heterocycles. The molecule has 7 heteroatoms. The van der Waals surface area contributed by atoms with Crippen molar-refractivity contribution in [3.05, 3.63) is 52.0 Å². The average molecular weight is 403 g/mol. The van der Waals surface area contributed by atoms with Gasteiger partial charge >= 0.3 is 0 Å². The fourth-order valence-electron chi connectivity index (χ4n) is 3.47. The number of carbonyl (C=O) groups excluding carboxylic acids is 1. The first-order valence-electron chi connectivity index (χ1n) is 8.95. The molecular weight excluding hydrogens is 383 g/mol. The molecule has 0 unspecified atom stereocenters. The van der Waals surface area contributed by atoms with E-state index in [2.05, 4.69) is 27.2 Å². The summed E-state index contributed by atoms with van der Waals surface area (Å²) in [7, 11) is 2.10. The molecule has 1 fully saturated rings. The van der Waals surface area contributed by atoms with Crippen LogP contribution >= 0.6 is 23.2 Å². The number of benzene rings is 2. The summed E-state index contributed by atoms with van der Waals surface area (Å²) in [5.41, 5.74) is 3.11. The molecule has 5 nitrogen and oxygen atoms in total. The second-order valence-electron chi connectivity index (χ2n) is 6.93. The van der Waals surface area contributed by atoms with Gasteiger partial charge in [-0.25, -0.2) is 4.98 Å². The number of H-pyrrole nitrogens is 1. The topological polar surface area (TPSA) is 61.0 Å². The molecule has 3 aromatic rings. The quantitative estimate of drug-likeness (QED) is 0.681. The second-order valence-corrected chi connectivity index (χ2v) is 7.75.